The Bertz CT molecular complexity index is 1460. The Morgan fingerprint density at radius 3 is 1.97 bits per heavy atom. The molecule has 1 aliphatic rings. The van der Waals surface area contributed by atoms with Gasteiger partial charge in [0, 0.05) is 63.5 Å². The first-order chi connectivity index (χ1) is 15.4. The summed E-state index contributed by atoms with van der Waals surface area (Å²) in [6.45, 7) is 0. The molecule has 31 heavy (non-hydrogen) atoms. The predicted molar refractivity (Wildman–Crippen MR) is 126 cm³/mol. The van der Waals surface area contributed by atoms with Crippen LogP contribution in [0.2, 0.25) is 0 Å². The number of nitrogens with one attached hydrogen (secondary N) is 1. The third-order valence-corrected chi connectivity index (χ3v) is 5.64. The minimum atomic E-state index is 0.954. The Morgan fingerprint density at radius 2 is 1.23 bits per heavy atom. The minimum absolute atomic E-state index is 0.954. The molecular weight excluding hydrogens is 380 g/mol. The van der Waals surface area contributed by atoms with Crippen molar-refractivity contribution in [3.8, 4) is 11.3 Å². The van der Waals surface area contributed by atoms with E-state index in [1.165, 1.54) is 10.8 Å². The number of aliphatic imine (C=N–C) groups is 1. The van der Waals surface area contributed by atoms with Crippen LogP contribution in [0, 0.1) is 0 Å². The smallest absolute Gasteiger partial charge is 0.0789 e. The zero-order chi connectivity index (χ0) is 20.6. The van der Waals surface area contributed by atoms with Crippen molar-refractivity contribution in [1.29, 1.82) is 0 Å². The third kappa shape index (κ3) is 2.97. The average Bonchev–Trinajstić information content (AvgIpc) is 3.40. The summed E-state index contributed by atoms with van der Waals surface area (Å²) < 4.78 is 0. The number of fused-ring (bicyclic) bond motifs is 2. The maximum absolute atomic E-state index is 5.03. The second-order valence-corrected chi connectivity index (χ2v) is 7.47. The second-order valence-electron chi connectivity index (χ2n) is 7.47. The molecule has 0 radical (unpaired) electrons. The quantitative estimate of drug-likeness (QED) is 0.407. The summed E-state index contributed by atoms with van der Waals surface area (Å²) in [5.41, 5.74) is 8.54. The highest BCUT2D eigenvalue weighted by Crippen LogP contribution is 2.36. The SMILES string of the molecule is C(=C1N=C(c2ccncc2)c2ccccc21)c1[nH]c(-c2ccncc2)c2ccccc12. The predicted octanol–water partition coefficient (Wildman–Crippen LogP) is 5.97. The van der Waals surface area contributed by atoms with Crippen molar-refractivity contribution in [1.82, 2.24) is 15.0 Å². The molecule has 0 bridgehead atoms. The first-order valence-corrected chi connectivity index (χ1v) is 10.2. The van der Waals surface area contributed by atoms with E-state index in [-0.39, 0.29) is 0 Å². The van der Waals surface area contributed by atoms with E-state index in [9.17, 15) is 0 Å². The van der Waals surface area contributed by atoms with Crippen molar-refractivity contribution in [2.75, 3.05) is 0 Å². The van der Waals surface area contributed by atoms with Crippen LogP contribution in [0.25, 0.3) is 33.8 Å². The fraction of sp³-hybridized carbons (Fsp3) is 0. The number of benzene rings is 2. The molecule has 146 valence electrons. The highest BCUT2D eigenvalue weighted by molar-refractivity contribution is 6.21. The molecule has 4 heteroatoms. The summed E-state index contributed by atoms with van der Waals surface area (Å²) >= 11 is 0. The number of hydrogen-bond acceptors (Lipinski definition) is 3. The lowest BCUT2D eigenvalue weighted by Crippen LogP contribution is -2.00. The van der Waals surface area contributed by atoms with E-state index in [0.29, 0.717) is 0 Å². The third-order valence-electron chi connectivity index (χ3n) is 5.64. The Balaban J connectivity index is 1.55. The minimum Gasteiger partial charge on any atom is -0.354 e. The van der Waals surface area contributed by atoms with Crippen LogP contribution in [0.1, 0.15) is 22.4 Å². The van der Waals surface area contributed by atoms with Crippen LogP contribution < -0.4 is 0 Å². The number of nitrogens with zero attached hydrogens (tertiary/aromatic N) is 3. The molecule has 6 rings (SSSR count). The number of aromatic amines is 1. The molecule has 4 heterocycles. The second kappa shape index (κ2) is 7.18. The standard InChI is InChI=1S/C27H18N4/c1-3-7-22-20(5-1)24(30-26(22)18-9-13-28-14-10-18)17-25-21-6-2-4-8-23(21)27(31-25)19-11-15-29-16-12-19/h1-17,30H. The molecule has 0 fully saturated rings. The van der Waals surface area contributed by atoms with Crippen molar-refractivity contribution in [3.05, 3.63) is 120 Å². The van der Waals surface area contributed by atoms with E-state index in [4.69, 9.17) is 4.99 Å². The van der Waals surface area contributed by atoms with Crippen LogP contribution in [0.3, 0.4) is 0 Å². The van der Waals surface area contributed by atoms with E-state index in [0.717, 1.165) is 45.1 Å². The summed E-state index contributed by atoms with van der Waals surface area (Å²) in [6.07, 6.45) is 9.41. The highest BCUT2D eigenvalue weighted by Gasteiger charge is 2.22. The van der Waals surface area contributed by atoms with Gasteiger partial charge in [-0.3, -0.25) is 9.97 Å². The van der Waals surface area contributed by atoms with Gasteiger partial charge in [-0.1, -0.05) is 48.5 Å². The first kappa shape index (κ1) is 17.5. The van der Waals surface area contributed by atoms with Crippen molar-refractivity contribution in [3.63, 3.8) is 0 Å². The molecule has 0 spiro atoms. The Kier molecular flexibility index (Phi) is 4.06. The monoisotopic (exact) mass is 398 g/mol. The van der Waals surface area contributed by atoms with Gasteiger partial charge in [0.25, 0.3) is 0 Å². The van der Waals surface area contributed by atoms with Gasteiger partial charge in [0.2, 0.25) is 0 Å². The maximum Gasteiger partial charge on any atom is 0.0789 e. The van der Waals surface area contributed by atoms with E-state index in [1.54, 1.807) is 0 Å². The number of rotatable bonds is 3. The van der Waals surface area contributed by atoms with E-state index in [2.05, 4.69) is 69.6 Å². The van der Waals surface area contributed by atoms with Gasteiger partial charge in [0.1, 0.15) is 0 Å². The zero-order valence-electron chi connectivity index (χ0n) is 16.7. The summed E-state index contributed by atoms with van der Waals surface area (Å²) in [5, 5.41) is 2.36. The molecule has 4 nitrogen and oxygen atoms in total. The summed E-state index contributed by atoms with van der Waals surface area (Å²) in [5.74, 6) is 0. The molecule has 2 aromatic carbocycles. The van der Waals surface area contributed by atoms with Crippen LogP contribution in [-0.2, 0) is 0 Å². The molecule has 0 saturated carbocycles. The molecular formula is C27H18N4. The van der Waals surface area contributed by atoms with Crippen LogP contribution in [0.5, 0.6) is 0 Å². The molecule has 1 N–H and O–H groups in total. The molecule has 0 amide bonds. The average molecular weight is 398 g/mol. The molecule has 0 atom stereocenters. The lowest BCUT2D eigenvalue weighted by molar-refractivity contribution is 1.31. The normalized spacial score (nSPS) is 14.1. The number of pyridine rings is 2. The summed E-state index contributed by atoms with van der Waals surface area (Å²) in [7, 11) is 0. The maximum atomic E-state index is 5.03. The van der Waals surface area contributed by atoms with Crippen molar-refractivity contribution in [2.45, 2.75) is 0 Å². The lowest BCUT2D eigenvalue weighted by Gasteiger charge is -2.02. The van der Waals surface area contributed by atoms with Gasteiger partial charge in [-0.25, -0.2) is 4.99 Å². The van der Waals surface area contributed by atoms with Crippen LogP contribution in [0.4, 0.5) is 0 Å². The van der Waals surface area contributed by atoms with Gasteiger partial charge < -0.3 is 4.98 Å². The van der Waals surface area contributed by atoms with Crippen LogP contribution in [0.15, 0.2) is 103 Å². The molecule has 0 aliphatic carbocycles. The van der Waals surface area contributed by atoms with E-state index >= 15 is 0 Å². The molecule has 0 unspecified atom stereocenters. The Morgan fingerprint density at radius 1 is 0.613 bits per heavy atom. The lowest BCUT2D eigenvalue weighted by atomic mass is 10.00. The van der Waals surface area contributed by atoms with Crippen molar-refractivity contribution < 1.29 is 0 Å². The van der Waals surface area contributed by atoms with Crippen molar-refractivity contribution in [2.24, 2.45) is 4.99 Å². The fourth-order valence-electron chi connectivity index (χ4n) is 4.20. The molecule has 5 aromatic rings. The van der Waals surface area contributed by atoms with Gasteiger partial charge in [-0.15, -0.1) is 0 Å². The molecule has 0 saturated heterocycles. The van der Waals surface area contributed by atoms with E-state index in [1.807, 2.05) is 49.1 Å². The highest BCUT2D eigenvalue weighted by atomic mass is 14.8. The number of aromatic nitrogens is 3. The van der Waals surface area contributed by atoms with Gasteiger partial charge in [0.15, 0.2) is 0 Å². The summed E-state index contributed by atoms with van der Waals surface area (Å²) in [6, 6.07) is 24.9. The zero-order valence-corrected chi connectivity index (χ0v) is 16.7. The van der Waals surface area contributed by atoms with Gasteiger partial charge in [0.05, 0.1) is 17.1 Å². The summed E-state index contributed by atoms with van der Waals surface area (Å²) in [4.78, 5) is 17.0. The van der Waals surface area contributed by atoms with Crippen LogP contribution in [-0.4, -0.2) is 20.7 Å². The molecule has 3 aromatic heterocycles. The van der Waals surface area contributed by atoms with Crippen LogP contribution >= 0.6 is 0 Å². The topological polar surface area (TPSA) is 53.9 Å². The van der Waals surface area contributed by atoms with E-state index < -0.39 is 0 Å². The first-order valence-electron chi connectivity index (χ1n) is 10.2. The fourth-order valence-corrected chi connectivity index (χ4v) is 4.20. The Labute approximate surface area is 179 Å². The number of hydrogen-bond donors (Lipinski definition) is 1. The number of H-pyrrole nitrogens is 1. The van der Waals surface area contributed by atoms with Gasteiger partial charge in [-0.05, 0) is 30.3 Å². The largest absolute Gasteiger partial charge is 0.354 e. The molecule has 1 aliphatic heterocycles. The van der Waals surface area contributed by atoms with Gasteiger partial charge in [-0.2, -0.15) is 0 Å². The van der Waals surface area contributed by atoms with Gasteiger partial charge >= 0.3 is 0 Å². The Hall–Kier alpha value is -4.31. The van der Waals surface area contributed by atoms with Crippen molar-refractivity contribution >= 4 is 28.3 Å².